The van der Waals surface area contributed by atoms with Crippen molar-refractivity contribution in [3.8, 4) is 22.9 Å². The zero-order valence-electron chi connectivity index (χ0n) is 24.4. The van der Waals surface area contributed by atoms with E-state index in [0.29, 0.717) is 59.8 Å². The van der Waals surface area contributed by atoms with Crippen LogP contribution in [0.4, 0.5) is 5.69 Å². The number of aryl methyl sites for hydroxylation is 1. The van der Waals surface area contributed by atoms with Gasteiger partial charge in [0.1, 0.15) is 17.6 Å². The van der Waals surface area contributed by atoms with Crippen LogP contribution in [0.15, 0.2) is 65.7 Å². The Kier molecular flexibility index (Phi) is 9.44. The molecule has 228 valence electrons. The monoisotopic (exact) mass is 616 g/mol. The first-order valence-corrected chi connectivity index (χ1v) is 14.7. The zero-order chi connectivity index (χ0) is 31.2. The first kappa shape index (κ1) is 30.6. The van der Waals surface area contributed by atoms with E-state index in [1.54, 1.807) is 12.1 Å². The van der Waals surface area contributed by atoms with E-state index in [-0.39, 0.29) is 36.2 Å². The molecular weight excluding hydrogens is 584 g/mol. The van der Waals surface area contributed by atoms with Crippen molar-refractivity contribution >= 4 is 34.8 Å². The molecule has 0 spiro atoms. The summed E-state index contributed by atoms with van der Waals surface area (Å²) in [6, 6.07) is 16.7. The molecule has 1 aromatic heterocycles. The fourth-order valence-corrected chi connectivity index (χ4v) is 5.11. The minimum absolute atomic E-state index is 0.113. The third-order valence-electron chi connectivity index (χ3n) is 7.09. The van der Waals surface area contributed by atoms with Gasteiger partial charge in [0.2, 0.25) is 11.8 Å². The number of halogens is 1. The predicted octanol–water partition coefficient (Wildman–Crippen LogP) is 5.25. The summed E-state index contributed by atoms with van der Waals surface area (Å²) < 4.78 is 8.03. The third-order valence-corrected chi connectivity index (χ3v) is 7.35. The van der Waals surface area contributed by atoms with Crippen LogP contribution in [0, 0.1) is 6.92 Å². The molecule has 12 heteroatoms. The highest BCUT2D eigenvalue weighted by Crippen LogP contribution is 2.34. The van der Waals surface area contributed by atoms with E-state index in [1.165, 1.54) is 18.2 Å². The third kappa shape index (κ3) is 7.00. The Morgan fingerprint density at radius 2 is 1.77 bits per heavy atom. The Balaban J connectivity index is 1.34. The van der Waals surface area contributed by atoms with E-state index < -0.39 is 6.04 Å². The lowest BCUT2D eigenvalue weighted by molar-refractivity contribution is -0.121. The number of hydrogen-bond donors (Lipinski definition) is 4. The lowest BCUT2D eigenvalue weighted by Crippen LogP contribution is -2.25. The van der Waals surface area contributed by atoms with Crippen LogP contribution in [-0.2, 0) is 9.59 Å². The van der Waals surface area contributed by atoms with Gasteiger partial charge in [0.05, 0.1) is 24.4 Å². The minimum atomic E-state index is -0.568. The number of unbranched alkanes of at least 4 members (excludes halogenated alkanes) is 1. The second-order valence-corrected chi connectivity index (χ2v) is 10.8. The zero-order valence-corrected chi connectivity index (χ0v) is 25.1. The molecule has 0 saturated heterocycles. The molecule has 0 saturated carbocycles. The number of fused-ring (bicyclic) bond motifs is 3. The molecule has 2 heterocycles. The highest BCUT2D eigenvalue weighted by Gasteiger charge is 2.30. The van der Waals surface area contributed by atoms with Crippen molar-refractivity contribution in [3.63, 3.8) is 0 Å². The molecular formula is C32H33ClN6O5. The fraction of sp³-hybridized carbons (Fsp3) is 0.281. The Morgan fingerprint density at radius 3 is 2.52 bits per heavy atom. The lowest BCUT2D eigenvalue weighted by atomic mass is 10.00. The number of hydrogen-bond acceptors (Lipinski definition) is 8. The maximum atomic E-state index is 12.7. The molecule has 4 N–H and O–H groups in total. The van der Waals surface area contributed by atoms with E-state index >= 15 is 0 Å². The van der Waals surface area contributed by atoms with Gasteiger partial charge in [-0.1, -0.05) is 23.7 Å². The van der Waals surface area contributed by atoms with Gasteiger partial charge in [0.15, 0.2) is 17.3 Å². The van der Waals surface area contributed by atoms with Crippen molar-refractivity contribution in [2.24, 2.45) is 4.99 Å². The molecule has 0 aliphatic carbocycles. The highest BCUT2D eigenvalue weighted by molar-refractivity contribution is 6.30. The van der Waals surface area contributed by atoms with Gasteiger partial charge in [-0.3, -0.25) is 19.1 Å². The van der Waals surface area contributed by atoms with Gasteiger partial charge >= 0.3 is 0 Å². The van der Waals surface area contributed by atoms with Gasteiger partial charge in [-0.2, -0.15) is 0 Å². The fourth-order valence-electron chi connectivity index (χ4n) is 4.99. The topological polar surface area (TPSA) is 151 Å². The number of aliphatic imine (C=N–C) groups is 1. The average molecular weight is 617 g/mol. The number of amides is 2. The van der Waals surface area contributed by atoms with Crippen molar-refractivity contribution in [2.45, 2.75) is 45.6 Å². The van der Waals surface area contributed by atoms with Crippen LogP contribution in [0.1, 0.15) is 61.4 Å². The number of phenolic OH excluding ortho intramolecular Hbond substituents is 2. The predicted molar refractivity (Wildman–Crippen MR) is 167 cm³/mol. The van der Waals surface area contributed by atoms with Gasteiger partial charge in [0.25, 0.3) is 0 Å². The number of aromatic nitrogens is 3. The van der Waals surface area contributed by atoms with Gasteiger partial charge in [-0.25, -0.2) is 0 Å². The second-order valence-electron chi connectivity index (χ2n) is 10.3. The van der Waals surface area contributed by atoms with Crippen LogP contribution >= 0.6 is 11.6 Å². The minimum Gasteiger partial charge on any atom is -0.504 e. The highest BCUT2D eigenvalue weighted by atomic mass is 35.5. The average Bonchev–Trinajstić information content (AvgIpc) is 3.32. The molecule has 0 radical (unpaired) electrons. The molecule has 4 aromatic rings. The number of phenols is 2. The normalized spacial score (nSPS) is 13.7. The summed E-state index contributed by atoms with van der Waals surface area (Å²) in [5.74, 6) is 0.997. The summed E-state index contributed by atoms with van der Waals surface area (Å²) in [4.78, 5) is 30.0. The Morgan fingerprint density at radius 1 is 0.977 bits per heavy atom. The Bertz CT molecular complexity index is 1700. The summed E-state index contributed by atoms with van der Waals surface area (Å²) in [5, 5.41) is 33.9. The largest absolute Gasteiger partial charge is 0.504 e. The molecule has 0 bridgehead atoms. The number of benzene rings is 3. The van der Waals surface area contributed by atoms with E-state index in [4.69, 9.17) is 21.3 Å². The van der Waals surface area contributed by atoms with Crippen molar-refractivity contribution in [2.75, 3.05) is 18.5 Å². The lowest BCUT2D eigenvalue weighted by Gasteiger charge is -2.15. The van der Waals surface area contributed by atoms with Crippen molar-refractivity contribution < 1.29 is 24.5 Å². The molecule has 1 unspecified atom stereocenters. The summed E-state index contributed by atoms with van der Waals surface area (Å²) in [5.41, 5.74) is 3.53. The quantitative estimate of drug-likeness (QED) is 0.102. The van der Waals surface area contributed by atoms with Crippen molar-refractivity contribution in [1.29, 1.82) is 0 Å². The number of ether oxygens (including phenoxy) is 1. The summed E-state index contributed by atoms with van der Waals surface area (Å²) >= 11 is 6.19. The smallest absolute Gasteiger partial charge is 0.224 e. The van der Waals surface area contributed by atoms with Gasteiger partial charge in [0, 0.05) is 40.9 Å². The maximum absolute atomic E-state index is 12.7. The van der Waals surface area contributed by atoms with E-state index in [9.17, 15) is 19.8 Å². The van der Waals surface area contributed by atoms with E-state index in [2.05, 4.69) is 20.8 Å². The number of aromatic hydroxyl groups is 2. The van der Waals surface area contributed by atoms with Crippen LogP contribution in [-0.4, -0.2) is 55.7 Å². The summed E-state index contributed by atoms with van der Waals surface area (Å²) in [6.07, 6.45) is 1.60. The standard InChI is InChI=1S/C32H33ClN6O5/c1-3-34-30(43)18-25-32-38-37-19(2)39(32)26-13-12-23(17-24(26)31(36-25)20-7-9-21(33)10-8-20)44-15-5-4-6-29(42)35-22-11-14-27(40)28(41)16-22/h7-14,16-17,25,40-41H,3-6,15,18H2,1-2H3,(H,34,43)(H,35,42). The van der Waals surface area contributed by atoms with Crippen LogP contribution in [0.3, 0.4) is 0 Å². The van der Waals surface area contributed by atoms with Gasteiger partial charge in [-0.05, 0) is 69.2 Å². The SMILES string of the molecule is CCNC(=O)CC1N=C(c2ccc(Cl)cc2)c2cc(OCCCCC(=O)Nc3ccc(O)c(O)c3)ccc2-n2c(C)nnc21. The van der Waals surface area contributed by atoms with Crippen LogP contribution in [0.5, 0.6) is 17.2 Å². The molecule has 5 rings (SSSR count). The molecule has 3 aromatic carbocycles. The molecule has 0 fully saturated rings. The van der Waals surface area contributed by atoms with Gasteiger partial charge in [-0.15, -0.1) is 10.2 Å². The van der Waals surface area contributed by atoms with Crippen LogP contribution < -0.4 is 15.4 Å². The van der Waals surface area contributed by atoms with Crippen molar-refractivity contribution in [1.82, 2.24) is 20.1 Å². The van der Waals surface area contributed by atoms with E-state index in [0.717, 1.165) is 16.8 Å². The first-order valence-electron chi connectivity index (χ1n) is 14.3. The summed E-state index contributed by atoms with van der Waals surface area (Å²) in [7, 11) is 0. The number of anilines is 1. The molecule has 44 heavy (non-hydrogen) atoms. The Labute approximate surface area is 259 Å². The molecule has 1 atom stereocenters. The number of nitrogens with one attached hydrogen (secondary N) is 2. The summed E-state index contributed by atoms with van der Waals surface area (Å²) in [6.45, 7) is 4.63. The molecule has 2 amide bonds. The van der Waals surface area contributed by atoms with Crippen molar-refractivity contribution in [3.05, 3.63) is 88.5 Å². The first-order chi connectivity index (χ1) is 21.2. The maximum Gasteiger partial charge on any atom is 0.224 e. The van der Waals surface area contributed by atoms with Crippen LogP contribution in [0.2, 0.25) is 5.02 Å². The Hall–Kier alpha value is -4.90. The number of rotatable bonds is 11. The molecule has 11 nitrogen and oxygen atoms in total. The van der Waals surface area contributed by atoms with Crippen LogP contribution in [0.25, 0.3) is 5.69 Å². The number of carbonyl (C=O) groups is 2. The number of nitrogens with zero attached hydrogens (tertiary/aromatic N) is 4. The molecule has 1 aliphatic heterocycles. The van der Waals surface area contributed by atoms with Gasteiger partial charge < -0.3 is 25.6 Å². The molecule has 1 aliphatic rings. The number of carbonyl (C=O) groups excluding carboxylic acids is 2. The second kappa shape index (κ2) is 13.6. The van der Waals surface area contributed by atoms with E-state index in [1.807, 2.05) is 48.7 Å².